The lowest BCUT2D eigenvalue weighted by Crippen LogP contribution is -2.50. The zero-order valence-electron chi connectivity index (χ0n) is 23.9. The van der Waals surface area contributed by atoms with Gasteiger partial charge >= 0.3 is 5.97 Å². The summed E-state index contributed by atoms with van der Waals surface area (Å²) in [6.07, 6.45) is 0.0501. The third kappa shape index (κ3) is 12.6. The van der Waals surface area contributed by atoms with E-state index in [-0.39, 0.29) is 63.4 Å². The third-order valence-corrected chi connectivity index (χ3v) is 5.94. The Hall–Kier alpha value is -3.51. The molecule has 1 aromatic carbocycles. The minimum Gasteiger partial charge on any atom is -0.480 e. The van der Waals surface area contributed by atoms with Crippen LogP contribution in [0.1, 0.15) is 50.9 Å². The Balaban J connectivity index is 2.91. The summed E-state index contributed by atoms with van der Waals surface area (Å²) in [6, 6.07) is 7.48. The molecule has 0 spiro atoms. The Morgan fingerprint density at radius 1 is 0.775 bits per heavy atom. The maximum Gasteiger partial charge on any atom is 0.326 e. The Morgan fingerprint density at radius 2 is 1.32 bits per heavy atom. The molecule has 0 radical (unpaired) electrons. The number of hydrogen-bond donors (Lipinski definition) is 4. The highest BCUT2D eigenvalue weighted by Gasteiger charge is 2.26. The monoisotopic (exact) mass is 564 g/mol. The predicted molar refractivity (Wildman–Crippen MR) is 148 cm³/mol. The van der Waals surface area contributed by atoms with E-state index in [2.05, 4.69) is 5.32 Å². The van der Waals surface area contributed by atoms with Gasteiger partial charge < -0.3 is 35.3 Å². The molecule has 40 heavy (non-hydrogen) atoms. The average molecular weight is 565 g/mol. The molecule has 1 aromatic rings. The van der Waals surface area contributed by atoms with Crippen LogP contribution in [-0.2, 0) is 19.2 Å². The maximum atomic E-state index is 13.2. The number of carboxylic acid groups (broad SMARTS) is 1. The Labute approximate surface area is 235 Å². The van der Waals surface area contributed by atoms with Crippen molar-refractivity contribution in [1.29, 1.82) is 0 Å². The minimum atomic E-state index is -1.15. The zero-order valence-corrected chi connectivity index (χ0v) is 23.9. The van der Waals surface area contributed by atoms with Crippen LogP contribution in [0.4, 0.5) is 0 Å². The number of benzene rings is 1. The molecule has 0 heterocycles. The van der Waals surface area contributed by atoms with Gasteiger partial charge in [-0.1, -0.05) is 45.9 Å². The normalized spacial score (nSPS) is 11.7. The first-order valence-electron chi connectivity index (χ1n) is 13.5. The van der Waals surface area contributed by atoms with Crippen LogP contribution >= 0.6 is 0 Å². The first-order valence-corrected chi connectivity index (χ1v) is 13.5. The van der Waals surface area contributed by atoms with Crippen molar-refractivity contribution in [3.05, 3.63) is 35.9 Å². The molecule has 0 aliphatic carbocycles. The lowest BCUT2D eigenvalue weighted by Gasteiger charge is -2.30. The van der Waals surface area contributed by atoms with Gasteiger partial charge in [-0.15, -0.1) is 0 Å². The second-order valence-corrected chi connectivity index (χ2v) is 10.4. The Bertz CT molecular complexity index is 970. The number of nitrogens with zero attached hydrogens (tertiary/aromatic N) is 3. The van der Waals surface area contributed by atoms with Crippen LogP contribution in [0.25, 0.3) is 0 Å². The second-order valence-electron chi connectivity index (χ2n) is 10.4. The minimum absolute atomic E-state index is 0.0448. The first-order chi connectivity index (χ1) is 18.9. The van der Waals surface area contributed by atoms with Crippen LogP contribution in [0.15, 0.2) is 30.3 Å². The number of aliphatic hydroxyl groups is 2. The predicted octanol–water partition coefficient (Wildman–Crippen LogP) is 0.432. The molecular formula is C28H44N4O8. The molecule has 0 saturated heterocycles. The molecule has 0 aliphatic heterocycles. The lowest BCUT2D eigenvalue weighted by molar-refractivity contribution is -0.143. The SMILES string of the molecule is CC(C)C[C@H](NC(=O)CCN(CCO)C(=O)CN(CCO)C(=O)CN(CC(C)C)C(=O)c1ccccc1)C(=O)O. The number of amides is 4. The summed E-state index contributed by atoms with van der Waals surface area (Å²) in [4.78, 5) is 66.9. The maximum absolute atomic E-state index is 13.2. The molecule has 1 atom stereocenters. The summed E-state index contributed by atoms with van der Waals surface area (Å²) in [7, 11) is 0. The molecule has 0 bridgehead atoms. The van der Waals surface area contributed by atoms with Gasteiger partial charge in [-0.3, -0.25) is 19.2 Å². The highest BCUT2D eigenvalue weighted by Crippen LogP contribution is 2.10. The number of carbonyl (C=O) groups is 5. The quantitative estimate of drug-likeness (QED) is 0.199. The van der Waals surface area contributed by atoms with E-state index in [0.29, 0.717) is 12.1 Å². The van der Waals surface area contributed by atoms with Gasteiger partial charge in [0.25, 0.3) is 5.91 Å². The highest BCUT2D eigenvalue weighted by atomic mass is 16.4. The molecule has 224 valence electrons. The largest absolute Gasteiger partial charge is 0.480 e. The molecule has 0 unspecified atom stereocenters. The number of carboxylic acids is 1. The van der Waals surface area contributed by atoms with Crippen molar-refractivity contribution in [2.24, 2.45) is 11.8 Å². The first kappa shape index (κ1) is 34.5. The number of aliphatic hydroxyl groups excluding tert-OH is 2. The van der Waals surface area contributed by atoms with Gasteiger partial charge in [-0.2, -0.15) is 0 Å². The molecular weight excluding hydrogens is 520 g/mol. The van der Waals surface area contributed by atoms with Gasteiger partial charge in [0.15, 0.2) is 0 Å². The van der Waals surface area contributed by atoms with Crippen LogP contribution in [0, 0.1) is 11.8 Å². The average Bonchev–Trinajstić information content (AvgIpc) is 2.89. The number of hydrogen-bond acceptors (Lipinski definition) is 7. The van der Waals surface area contributed by atoms with Gasteiger partial charge in [0.1, 0.15) is 12.6 Å². The van der Waals surface area contributed by atoms with Crippen LogP contribution < -0.4 is 5.32 Å². The summed E-state index contributed by atoms with van der Waals surface area (Å²) in [5.74, 6) is -3.03. The van der Waals surface area contributed by atoms with Crippen molar-refractivity contribution in [3.8, 4) is 0 Å². The van der Waals surface area contributed by atoms with E-state index in [4.69, 9.17) is 0 Å². The fraction of sp³-hybridized carbons (Fsp3) is 0.607. The molecule has 1 rings (SSSR count). The van der Waals surface area contributed by atoms with Crippen LogP contribution in [-0.4, -0.2) is 118 Å². The van der Waals surface area contributed by atoms with Gasteiger partial charge in [0.05, 0.1) is 19.8 Å². The van der Waals surface area contributed by atoms with Crippen molar-refractivity contribution >= 4 is 29.6 Å². The van der Waals surface area contributed by atoms with Crippen molar-refractivity contribution in [3.63, 3.8) is 0 Å². The molecule has 0 saturated carbocycles. The number of nitrogens with one attached hydrogen (secondary N) is 1. The van der Waals surface area contributed by atoms with Gasteiger partial charge in [0, 0.05) is 38.2 Å². The summed E-state index contributed by atoms with van der Waals surface area (Å²) in [5.41, 5.74) is 0.423. The second kappa shape index (κ2) is 18.0. The summed E-state index contributed by atoms with van der Waals surface area (Å²) in [5, 5.41) is 30.8. The standard InChI is InChI=1S/C28H44N4O8/c1-20(2)16-23(28(39)40)29-24(35)10-11-30(12-14-33)25(36)18-31(13-15-34)26(37)19-32(17-21(3)4)27(38)22-8-6-5-7-9-22/h5-9,20-21,23,33-34H,10-19H2,1-4H3,(H,29,35)(H,39,40)/t23-/m0/s1. The number of carbonyl (C=O) groups excluding carboxylic acids is 4. The molecule has 12 heteroatoms. The molecule has 4 N–H and O–H groups in total. The number of aliphatic carboxylic acids is 1. The third-order valence-electron chi connectivity index (χ3n) is 5.94. The summed E-state index contributed by atoms with van der Waals surface area (Å²) < 4.78 is 0. The van der Waals surface area contributed by atoms with Gasteiger partial charge in [0.2, 0.25) is 17.7 Å². The molecule has 0 aromatic heterocycles. The van der Waals surface area contributed by atoms with E-state index in [1.54, 1.807) is 30.3 Å². The molecule has 12 nitrogen and oxygen atoms in total. The Kier molecular flexibility index (Phi) is 15.5. The summed E-state index contributed by atoms with van der Waals surface area (Å²) in [6.45, 7) is 5.92. The van der Waals surface area contributed by atoms with Crippen LogP contribution in [0.2, 0.25) is 0 Å². The van der Waals surface area contributed by atoms with E-state index >= 15 is 0 Å². The molecule has 0 aliphatic rings. The smallest absolute Gasteiger partial charge is 0.326 e. The van der Waals surface area contributed by atoms with E-state index in [1.165, 1.54) is 9.80 Å². The Morgan fingerprint density at radius 3 is 1.85 bits per heavy atom. The molecule has 0 fully saturated rings. The van der Waals surface area contributed by atoms with E-state index in [0.717, 1.165) is 4.90 Å². The summed E-state index contributed by atoms with van der Waals surface area (Å²) >= 11 is 0. The van der Waals surface area contributed by atoms with Crippen LogP contribution in [0.5, 0.6) is 0 Å². The van der Waals surface area contributed by atoms with E-state index < -0.39 is 42.9 Å². The molecule has 4 amide bonds. The van der Waals surface area contributed by atoms with Gasteiger partial charge in [-0.05, 0) is 30.4 Å². The van der Waals surface area contributed by atoms with E-state index in [1.807, 2.05) is 27.7 Å². The van der Waals surface area contributed by atoms with Crippen molar-refractivity contribution in [1.82, 2.24) is 20.0 Å². The zero-order chi connectivity index (χ0) is 30.2. The van der Waals surface area contributed by atoms with Crippen molar-refractivity contribution < 1.29 is 39.3 Å². The number of rotatable bonds is 18. The highest BCUT2D eigenvalue weighted by molar-refractivity contribution is 5.97. The van der Waals surface area contributed by atoms with Crippen LogP contribution in [0.3, 0.4) is 0 Å². The van der Waals surface area contributed by atoms with Crippen molar-refractivity contribution in [2.45, 2.75) is 46.6 Å². The fourth-order valence-corrected chi connectivity index (χ4v) is 4.04. The lowest BCUT2D eigenvalue weighted by atomic mass is 10.0. The van der Waals surface area contributed by atoms with Crippen molar-refractivity contribution in [2.75, 3.05) is 52.5 Å². The van der Waals surface area contributed by atoms with E-state index in [9.17, 15) is 39.3 Å². The topological polar surface area (TPSA) is 168 Å². The van der Waals surface area contributed by atoms with Gasteiger partial charge in [-0.25, -0.2) is 4.79 Å². The fourth-order valence-electron chi connectivity index (χ4n) is 4.04.